The standard InChI is InChI=1S/C12H16BrNO5S/c1-7(2)12(15)14-20(16,17)11-6-10(19-4)9(18-3)5-8(11)13/h5-7H,1-4H3,(H,14,15). The fourth-order valence-electron chi connectivity index (χ4n) is 1.35. The van der Waals surface area contributed by atoms with E-state index in [1.807, 2.05) is 4.72 Å². The van der Waals surface area contributed by atoms with Gasteiger partial charge in [0.05, 0.1) is 14.2 Å². The van der Waals surface area contributed by atoms with Crippen molar-refractivity contribution in [1.29, 1.82) is 0 Å². The van der Waals surface area contributed by atoms with Gasteiger partial charge in [-0.1, -0.05) is 13.8 Å². The number of carbonyl (C=O) groups is 1. The Labute approximate surface area is 126 Å². The first-order valence-electron chi connectivity index (χ1n) is 5.71. The number of ether oxygens (including phenoxy) is 2. The molecule has 20 heavy (non-hydrogen) atoms. The van der Waals surface area contributed by atoms with Crippen LogP contribution in [0.4, 0.5) is 0 Å². The highest BCUT2D eigenvalue weighted by Gasteiger charge is 2.24. The third-order valence-electron chi connectivity index (χ3n) is 2.49. The second kappa shape index (κ2) is 6.45. The van der Waals surface area contributed by atoms with Crippen LogP contribution in [-0.2, 0) is 14.8 Å². The van der Waals surface area contributed by atoms with E-state index in [-0.39, 0.29) is 15.1 Å². The van der Waals surface area contributed by atoms with Crippen molar-refractivity contribution >= 4 is 31.9 Å². The van der Waals surface area contributed by atoms with Gasteiger partial charge in [0.1, 0.15) is 4.90 Å². The van der Waals surface area contributed by atoms with E-state index in [1.54, 1.807) is 13.8 Å². The molecule has 0 aliphatic heterocycles. The molecule has 0 radical (unpaired) electrons. The van der Waals surface area contributed by atoms with Gasteiger partial charge in [-0.2, -0.15) is 0 Å². The molecule has 8 heteroatoms. The van der Waals surface area contributed by atoms with Crippen LogP contribution in [0.1, 0.15) is 13.8 Å². The Morgan fingerprint density at radius 2 is 1.70 bits per heavy atom. The fourth-order valence-corrected chi connectivity index (χ4v) is 3.50. The van der Waals surface area contributed by atoms with Gasteiger partial charge in [0.15, 0.2) is 11.5 Å². The molecule has 0 bridgehead atoms. The summed E-state index contributed by atoms with van der Waals surface area (Å²) in [6.07, 6.45) is 0. The highest BCUT2D eigenvalue weighted by molar-refractivity contribution is 9.10. The minimum Gasteiger partial charge on any atom is -0.493 e. The van der Waals surface area contributed by atoms with Crippen LogP contribution in [0.25, 0.3) is 0 Å². The molecule has 0 saturated heterocycles. The Morgan fingerprint density at radius 3 is 2.15 bits per heavy atom. The molecule has 0 aromatic heterocycles. The third-order valence-corrected chi connectivity index (χ3v) is 4.79. The van der Waals surface area contributed by atoms with E-state index in [2.05, 4.69) is 15.9 Å². The van der Waals surface area contributed by atoms with Crippen molar-refractivity contribution in [1.82, 2.24) is 4.72 Å². The maximum absolute atomic E-state index is 12.2. The van der Waals surface area contributed by atoms with E-state index in [1.165, 1.54) is 26.4 Å². The topological polar surface area (TPSA) is 81.7 Å². The Balaban J connectivity index is 3.28. The molecule has 0 aliphatic carbocycles. The average Bonchev–Trinajstić information content (AvgIpc) is 2.37. The van der Waals surface area contributed by atoms with E-state index in [4.69, 9.17) is 9.47 Å². The Morgan fingerprint density at radius 1 is 1.20 bits per heavy atom. The van der Waals surface area contributed by atoms with Gasteiger partial charge >= 0.3 is 0 Å². The van der Waals surface area contributed by atoms with Crippen molar-refractivity contribution < 1.29 is 22.7 Å². The molecule has 6 nitrogen and oxygen atoms in total. The van der Waals surface area contributed by atoms with Crippen LogP contribution in [0.2, 0.25) is 0 Å². The Kier molecular flexibility index (Phi) is 5.41. The molecule has 0 unspecified atom stereocenters. The summed E-state index contributed by atoms with van der Waals surface area (Å²) in [4.78, 5) is 11.5. The summed E-state index contributed by atoms with van der Waals surface area (Å²) in [7, 11) is -1.13. The van der Waals surface area contributed by atoms with Crippen LogP contribution >= 0.6 is 15.9 Å². The van der Waals surface area contributed by atoms with E-state index in [9.17, 15) is 13.2 Å². The lowest BCUT2D eigenvalue weighted by Gasteiger charge is -2.13. The van der Waals surface area contributed by atoms with Crippen LogP contribution < -0.4 is 14.2 Å². The SMILES string of the molecule is COc1cc(Br)c(S(=O)(=O)NC(=O)C(C)C)cc1OC. The first kappa shape index (κ1) is 16.8. The van der Waals surface area contributed by atoms with E-state index in [0.717, 1.165) is 0 Å². The highest BCUT2D eigenvalue weighted by Crippen LogP contribution is 2.35. The van der Waals surface area contributed by atoms with Gasteiger partial charge in [0, 0.05) is 16.5 Å². The predicted molar refractivity (Wildman–Crippen MR) is 77.4 cm³/mol. The predicted octanol–water partition coefficient (Wildman–Crippen LogP) is 1.93. The average molecular weight is 366 g/mol. The Hall–Kier alpha value is -1.28. The van der Waals surface area contributed by atoms with Crippen LogP contribution in [-0.4, -0.2) is 28.5 Å². The van der Waals surface area contributed by atoms with E-state index in [0.29, 0.717) is 5.75 Å². The summed E-state index contributed by atoms with van der Waals surface area (Å²) in [5.41, 5.74) is 0. The van der Waals surface area contributed by atoms with Crippen LogP contribution in [0.3, 0.4) is 0 Å². The van der Waals surface area contributed by atoms with Crippen molar-refractivity contribution in [2.75, 3.05) is 14.2 Å². The monoisotopic (exact) mass is 365 g/mol. The maximum atomic E-state index is 12.2. The quantitative estimate of drug-likeness (QED) is 0.861. The summed E-state index contributed by atoms with van der Waals surface area (Å²) in [5.74, 6) is -0.378. The molecular weight excluding hydrogens is 350 g/mol. The molecular formula is C12H16BrNO5S. The number of carbonyl (C=O) groups excluding carboxylic acids is 1. The molecule has 0 atom stereocenters. The number of benzene rings is 1. The second-order valence-electron chi connectivity index (χ2n) is 4.26. The maximum Gasteiger partial charge on any atom is 0.265 e. The van der Waals surface area contributed by atoms with Crippen molar-refractivity contribution in [2.45, 2.75) is 18.7 Å². The lowest BCUT2D eigenvalue weighted by molar-refractivity contribution is -0.122. The van der Waals surface area contributed by atoms with E-state index >= 15 is 0 Å². The zero-order chi connectivity index (χ0) is 15.5. The second-order valence-corrected chi connectivity index (χ2v) is 6.77. The molecule has 0 spiro atoms. The smallest absolute Gasteiger partial charge is 0.265 e. The first-order valence-corrected chi connectivity index (χ1v) is 7.98. The van der Waals surface area contributed by atoms with Gasteiger partial charge in [-0.05, 0) is 22.0 Å². The van der Waals surface area contributed by atoms with Crippen LogP contribution in [0.15, 0.2) is 21.5 Å². The molecule has 0 fully saturated rings. The Bertz CT molecular complexity index is 613. The van der Waals surface area contributed by atoms with Crippen molar-refractivity contribution in [3.8, 4) is 11.5 Å². The molecule has 0 heterocycles. The van der Waals surface area contributed by atoms with Gasteiger partial charge in [0.25, 0.3) is 10.0 Å². The van der Waals surface area contributed by atoms with Crippen molar-refractivity contribution in [3.05, 3.63) is 16.6 Å². The number of amides is 1. The molecule has 1 aromatic carbocycles. The normalized spacial score (nSPS) is 11.3. The molecule has 1 N–H and O–H groups in total. The molecule has 1 amide bonds. The summed E-state index contributed by atoms with van der Waals surface area (Å²) in [5, 5.41) is 0. The van der Waals surface area contributed by atoms with Crippen LogP contribution in [0.5, 0.6) is 11.5 Å². The number of nitrogens with one attached hydrogen (secondary N) is 1. The molecule has 1 rings (SSSR count). The third kappa shape index (κ3) is 3.63. The van der Waals surface area contributed by atoms with Gasteiger partial charge in [-0.15, -0.1) is 0 Å². The minimum atomic E-state index is -3.97. The van der Waals surface area contributed by atoms with Crippen molar-refractivity contribution in [2.24, 2.45) is 5.92 Å². The number of rotatable bonds is 5. The van der Waals surface area contributed by atoms with Gasteiger partial charge in [0.2, 0.25) is 5.91 Å². The first-order chi connectivity index (χ1) is 9.22. The number of sulfonamides is 1. The number of methoxy groups -OCH3 is 2. The number of halogens is 1. The molecule has 1 aromatic rings. The summed E-state index contributed by atoms with van der Waals surface area (Å²) >= 11 is 3.15. The van der Waals surface area contributed by atoms with E-state index < -0.39 is 21.8 Å². The van der Waals surface area contributed by atoms with Gasteiger partial charge in [-0.25, -0.2) is 13.1 Å². The molecule has 112 valence electrons. The lowest BCUT2D eigenvalue weighted by Crippen LogP contribution is -2.33. The molecule has 0 aliphatic rings. The zero-order valence-electron chi connectivity index (χ0n) is 11.6. The van der Waals surface area contributed by atoms with Crippen LogP contribution in [0, 0.1) is 5.92 Å². The zero-order valence-corrected chi connectivity index (χ0v) is 14.0. The highest BCUT2D eigenvalue weighted by atomic mass is 79.9. The lowest BCUT2D eigenvalue weighted by atomic mass is 10.2. The summed E-state index contributed by atoms with van der Waals surface area (Å²) < 4.78 is 36.8. The van der Waals surface area contributed by atoms with Crippen molar-refractivity contribution in [3.63, 3.8) is 0 Å². The molecule has 0 saturated carbocycles. The van der Waals surface area contributed by atoms with Gasteiger partial charge in [-0.3, -0.25) is 4.79 Å². The number of hydrogen-bond acceptors (Lipinski definition) is 5. The number of hydrogen-bond donors (Lipinski definition) is 1. The van der Waals surface area contributed by atoms with Gasteiger partial charge < -0.3 is 9.47 Å². The minimum absolute atomic E-state index is 0.0934. The fraction of sp³-hybridized carbons (Fsp3) is 0.417. The largest absolute Gasteiger partial charge is 0.493 e. The summed E-state index contributed by atoms with van der Waals surface area (Å²) in [6.45, 7) is 3.21. The summed E-state index contributed by atoms with van der Waals surface area (Å²) in [6, 6.07) is 2.76.